The minimum absolute atomic E-state index is 0.149. The summed E-state index contributed by atoms with van der Waals surface area (Å²) in [5.41, 5.74) is 0.887. The number of likely N-dealkylation sites (tertiary alicyclic amines) is 1. The van der Waals surface area contributed by atoms with Crippen LogP contribution in [0.2, 0.25) is 0 Å². The average molecular weight is 317 g/mol. The average Bonchev–Trinajstić information content (AvgIpc) is 3.02. The van der Waals surface area contributed by atoms with Gasteiger partial charge in [-0.15, -0.1) is 10.2 Å². The van der Waals surface area contributed by atoms with Gasteiger partial charge in [0.1, 0.15) is 0 Å². The summed E-state index contributed by atoms with van der Waals surface area (Å²) in [5.74, 6) is 1.58. The van der Waals surface area contributed by atoms with E-state index in [2.05, 4.69) is 17.1 Å². The molecule has 5 nitrogen and oxygen atoms in total. The molecule has 22 heavy (non-hydrogen) atoms. The molecule has 1 aromatic carbocycles. The van der Waals surface area contributed by atoms with E-state index in [1.807, 2.05) is 35.2 Å². The first-order chi connectivity index (χ1) is 10.7. The predicted octanol–water partition coefficient (Wildman–Crippen LogP) is 3.09. The molecule has 1 unspecified atom stereocenters. The summed E-state index contributed by atoms with van der Waals surface area (Å²) in [5, 5.41) is 8.47. The molecular formula is C16H19N3O2S. The minimum atomic E-state index is 0.149. The maximum absolute atomic E-state index is 12.2. The first-order valence-corrected chi connectivity index (χ1v) is 8.50. The van der Waals surface area contributed by atoms with E-state index in [9.17, 15) is 4.79 Å². The zero-order valence-electron chi connectivity index (χ0n) is 12.6. The molecule has 0 saturated carbocycles. The van der Waals surface area contributed by atoms with Crippen LogP contribution in [0.15, 0.2) is 40.0 Å². The standard InChI is InChI=1S/C16H19N3O2S/c1-12-6-5-9-19(10-12)14(20)11-22-16-18-17-15(21-16)13-7-3-2-4-8-13/h2-4,7-8,12H,5-6,9-11H2,1H3. The molecule has 1 fully saturated rings. The van der Waals surface area contributed by atoms with E-state index >= 15 is 0 Å². The highest BCUT2D eigenvalue weighted by atomic mass is 32.2. The maximum Gasteiger partial charge on any atom is 0.277 e. The van der Waals surface area contributed by atoms with Crippen molar-refractivity contribution in [1.29, 1.82) is 0 Å². The molecule has 1 aromatic heterocycles. The number of carbonyl (C=O) groups excluding carboxylic acids is 1. The van der Waals surface area contributed by atoms with E-state index in [4.69, 9.17) is 4.42 Å². The monoisotopic (exact) mass is 317 g/mol. The van der Waals surface area contributed by atoms with Crippen LogP contribution in [0.25, 0.3) is 11.5 Å². The summed E-state index contributed by atoms with van der Waals surface area (Å²) in [7, 11) is 0. The number of benzene rings is 1. The number of rotatable bonds is 4. The van der Waals surface area contributed by atoms with Gasteiger partial charge >= 0.3 is 0 Å². The Kier molecular flexibility index (Phi) is 4.77. The maximum atomic E-state index is 12.2. The molecular weight excluding hydrogens is 298 g/mol. The van der Waals surface area contributed by atoms with E-state index in [1.165, 1.54) is 18.2 Å². The summed E-state index contributed by atoms with van der Waals surface area (Å²) < 4.78 is 5.60. The number of hydrogen-bond donors (Lipinski definition) is 0. The van der Waals surface area contributed by atoms with Crippen molar-refractivity contribution in [2.45, 2.75) is 25.0 Å². The quantitative estimate of drug-likeness (QED) is 0.811. The van der Waals surface area contributed by atoms with Crippen molar-refractivity contribution in [2.24, 2.45) is 5.92 Å². The van der Waals surface area contributed by atoms with Crippen LogP contribution >= 0.6 is 11.8 Å². The van der Waals surface area contributed by atoms with Crippen LogP contribution in [0.5, 0.6) is 0 Å². The van der Waals surface area contributed by atoms with Gasteiger partial charge in [-0.2, -0.15) is 0 Å². The second-order valence-electron chi connectivity index (χ2n) is 5.61. The van der Waals surface area contributed by atoms with Gasteiger partial charge < -0.3 is 9.32 Å². The second-order valence-corrected chi connectivity index (χ2v) is 6.54. The Morgan fingerprint density at radius 1 is 1.36 bits per heavy atom. The van der Waals surface area contributed by atoms with Crippen molar-refractivity contribution in [2.75, 3.05) is 18.8 Å². The Morgan fingerprint density at radius 3 is 2.95 bits per heavy atom. The zero-order chi connectivity index (χ0) is 15.4. The van der Waals surface area contributed by atoms with E-state index in [0.29, 0.717) is 22.8 Å². The molecule has 116 valence electrons. The van der Waals surface area contributed by atoms with Crippen molar-refractivity contribution < 1.29 is 9.21 Å². The first kappa shape index (κ1) is 15.1. The molecule has 0 N–H and O–H groups in total. The highest BCUT2D eigenvalue weighted by Crippen LogP contribution is 2.24. The second kappa shape index (κ2) is 6.96. The Morgan fingerprint density at radius 2 is 2.18 bits per heavy atom. The topological polar surface area (TPSA) is 59.2 Å². The number of aromatic nitrogens is 2. The minimum Gasteiger partial charge on any atom is -0.411 e. The number of amides is 1. The summed E-state index contributed by atoms with van der Waals surface area (Å²) in [6, 6.07) is 9.62. The van der Waals surface area contributed by atoms with Gasteiger partial charge in [-0.25, -0.2) is 0 Å². The van der Waals surface area contributed by atoms with E-state index < -0.39 is 0 Å². The molecule has 1 aliphatic heterocycles. The van der Waals surface area contributed by atoms with E-state index in [0.717, 1.165) is 25.1 Å². The number of hydrogen-bond acceptors (Lipinski definition) is 5. The number of piperidine rings is 1. The fraction of sp³-hybridized carbons (Fsp3) is 0.438. The molecule has 0 radical (unpaired) electrons. The SMILES string of the molecule is CC1CCCN(C(=O)CSc2nnc(-c3ccccc3)o2)C1. The summed E-state index contributed by atoms with van der Waals surface area (Å²) in [6.07, 6.45) is 2.30. The molecule has 0 aliphatic carbocycles. The normalized spacial score (nSPS) is 18.4. The highest BCUT2D eigenvalue weighted by molar-refractivity contribution is 7.99. The smallest absolute Gasteiger partial charge is 0.277 e. The molecule has 3 rings (SSSR count). The largest absolute Gasteiger partial charge is 0.411 e. The Labute approximate surface area is 134 Å². The van der Waals surface area contributed by atoms with Gasteiger partial charge in [0.25, 0.3) is 5.22 Å². The lowest BCUT2D eigenvalue weighted by Gasteiger charge is -2.30. The predicted molar refractivity (Wildman–Crippen MR) is 85.4 cm³/mol. The lowest BCUT2D eigenvalue weighted by atomic mass is 10.0. The van der Waals surface area contributed by atoms with Crippen molar-refractivity contribution in [1.82, 2.24) is 15.1 Å². The van der Waals surface area contributed by atoms with E-state index in [-0.39, 0.29) is 5.91 Å². The van der Waals surface area contributed by atoms with Crippen molar-refractivity contribution >= 4 is 17.7 Å². The molecule has 1 aliphatic rings. The summed E-state index contributed by atoms with van der Waals surface area (Å²) in [4.78, 5) is 14.1. The molecule has 2 aromatic rings. The molecule has 0 bridgehead atoms. The Balaban J connectivity index is 1.56. The van der Waals surface area contributed by atoms with Gasteiger partial charge in [0.2, 0.25) is 11.8 Å². The van der Waals surface area contributed by atoms with Crippen LogP contribution in [-0.2, 0) is 4.79 Å². The van der Waals surface area contributed by atoms with Crippen LogP contribution in [-0.4, -0.2) is 39.8 Å². The summed E-state index contributed by atoms with van der Waals surface area (Å²) >= 11 is 1.31. The van der Waals surface area contributed by atoms with Crippen molar-refractivity contribution in [3.8, 4) is 11.5 Å². The zero-order valence-corrected chi connectivity index (χ0v) is 13.4. The van der Waals surface area contributed by atoms with Crippen LogP contribution in [0.4, 0.5) is 0 Å². The van der Waals surface area contributed by atoms with Gasteiger partial charge in [-0.3, -0.25) is 4.79 Å². The lowest BCUT2D eigenvalue weighted by Crippen LogP contribution is -2.40. The Hall–Kier alpha value is -1.82. The number of thioether (sulfide) groups is 1. The van der Waals surface area contributed by atoms with Crippen LogP contribution in [0.1, 0.15) is 19.8 Å². The fourth-order valence-corrected chi connectivity index (χ4v) is 3.26. The van der Waals surface area contributed by atoms with E-state index in [1.54, 1.807) is 0 Å². The number of carbonyl (C=O) groups is 1. The third-order valence-corrected chi connectivity index (χ3v) is 4.56. The van der Waals surface area contributed by atoms with Gasteiger partial charge in [0.05, 0.1) is 5.75 Å². The number of nitrogens with zero attached hydrogens (tertiary/aromatic N) is 3. The molecule has 1 atom stereocenters. The lowest BCUT2D eigenvalue weighted by molar-refractivity contribution is -0.130. The molecule has 1 amide bonds. The van der Waals surface area contributed by atoms with Gasteiger partial charge in [0, 0.05) is 18.7 Å². The van der Waals surface area contributed by atoms with Crippen LogP contribution < -0.4 is 0 Å². The van der Waals surface area contributed by atoms with Gasteiger partial charge in [-0.05, 0) is 30.9 Å². The molecule has 0 spiro atoms. The third kappa shape index (κ3) is 3.68. The van der Waals surface area contributed by atoms with Crippen LogP contribution in [0.3, 0.4) is 0 Å². The molecule has 1 saturated heterocycles. The third-order valence-electron chi connectivity index (χ3n) is 3.76. The Bertz CT molecular complexity index is 629. The van der Waals surface area contributed by atoms with Crippen molar-refractivity contribution in [3.63, 3.8) is 0 Å². The van der Waals surface area contributed by atoms with Crippen LogP contribution in [0, 0.1) is 5.92 Å². The fourth-order valence-electron chi connectivity index (χ4n) is 2.60. The first-order valence-electron chi connectivity index (χ1n) is 7.52. The molecule has 6 heteroatoms. The van der Waals surface area contributed by atoms with Gasteiger partial charge in [-0.1, -0.05) is 36.9 Å². The van der Waals surface area contributed by atoms with Gasteiger partial charge in [0.15, 0.2) is 0 Å². The van der Waals surface area contributed by atoms with Crippen molar-refractivity contribution in [3.05, 3.63) is 30.3 Å². The molecule has 2 heterocycles. The summed E-state index contributed by atoms with van der Waals surface area (Å²) in [6.45, 7) is 3.91. The highest BCUT2D eigenvalue weighted by Gasteiger charge is 2.21.